The van der Waals surface area contributed by atoms with E-state index >= 15 is 0 Å². The lowest BCUT2D eigenvalue weighted by Gasteiger charge is -2.05. The minimum atomic E-state index is 0.355. The Bertz CT molecular complexity index is 308. The lowest BCUT2D eigenvalue weighted by molar-refractivity contribution is 0.153. The Hall–Kier alpha value is -1.46. The quantitative estimate of drug-likeness (QED) is 0.524. The summed E-state index contributed by atoms with van der Waals surface area (Å²) in [6, 6.07) is 7.87. The number of hydrogen-bond donors (Lipinski definition) is 0. The molecule has 0 N–H and O–H groups in total. The topological polar surface area (TPSA) is 18.5 Å². The number of rotatable bonds is 6. The Balaban J connectivity index is 2.39. The fourth-order valence-electron chi connectivity index (χ4n) is 1.13. The zero-order valence-corrected chi connectivity index (χ0v) is 9.03. The second kappa shape index (κ2) is 6.92. The molecule has 1 rings (SSSR count). The third kappa shape index (κ3) is 4.53. The summed E-state index contributed by atoms with van der Waals surface area (Å²) in [5, 5.41) is 0. The van der Waals surface area contributed by atoms with Gasteiger partial charge >= 0.3 is 0 Å². The molecule has 0 saturated heterocycles. The molecule has 0 fully saturated rings. The second-order valence-electron chi connectivity index (χ2n) is 3.19. The van der Waals surface area contributed by atoms with Crippen LogP contribution in [0.1, 0.15) is 18.9 Å². The van der Waals surface area contributed by atoms with Crippen LogP contribution in [0.15, 0.2) is 24.3 Å². The van der Waals surface area contributed by atoms with E-state index in [2.05, 4.69) is 12.8 Å². The molecular weight excluding hydrogens is 188 g/mol. The van der Waals surface area contributed by atoms with Gasteiger partial charge in [-0.15, -0.1) is 6.42 Å². The van der Waals surface area contributed by atoms with E-state index in [1.165, 1.54) is 0 Å². The SMILES string of the molecule is C#CCOCc1ccc(OCCC)cc1. The van der Waals surface area contributed by atoms with Gasteiger partial charge in [0.05, 0.1) is 13.2 Å². The summed E-state index contributed by atoms with van der Waals surface area (Å²) in [6.45, 7) is 3.75. The van der Waals surface area contributed by atoms with Crippen LogP contribution in [0.2, 0.25) is 0 Å². The number of terminal acetylenes is 1. The Kier molecular flexibility index (Phi) is 5.35. The fourth-order valence-corrected chi connectivity index (χ4v) is 1.13. The largest absolute Gasteiger partial charge is 0.494 e. The summed E-state index contributed by atoms with van der Waals surface area (Å²) in [5.74, 6) is 3.33. The summed E-state index contributed by atoms with van der Waals surface area (Å²) >= 11 is 0. The molecule has 0 spiro atoms. The molecule has 0 unspecified atom stereocenters. The third-order valence-corrected chi connectivity index (χ3v) is 1.85. The molecule has 1 aromatic carbocycles. The monoisotopic (exact) mass is 204 g/mol. The van der Waals surface area contributed by atoms with E-state index in [0.717, 1.165) is 24.3 Å². The van der Waals surface area contributed by atoms with Crippen LogP contribution in [-0.2, 0) is 11.3 Å². The summed E-state index contributed by atoms with van der Waals surface area (Å²) in [6.07, 6.45) is 6.10. The summed E-state index contributed by atoms with van der Waals surface area (Å²) in [5.41, 5.74) is 1.11. The Morgan fingerprint density at radius 1 is 1.27 bits per heavy atom. The molecule has 0 heterocycles. The molecule has 0 amide bonds. The van der Waals surface area contributed by atoms with Gasteiger partial charge in [-0.1, -0.05) is 25.0 Å². The zero-order chi connectivity index (χ0) is 10.9. The molecule has 2 heteroatoms. The van der Waals surface area contributed by atoms with Crippen LogP contribution in [0.3, 0.4) is 0 Å². The van der Waals surface area contributed by atoms with Gasteiger partial charge in [0, 0.05) is 0 Å². The number of benzene rings is 1. The van der Waals surface area contributed by atoms with E-state index in [-0.39, 0.29) is 0 Å². The average Bonchev–Trinajstić information content (AvgIpc) is 2.28. The van der Waals surface area contributed by atoms with Crippen LogP contribution >= 0.6 is 0 Å². The van der Waals surface area contributed by atoms with Crippen molar-refractivity contribution < 1.29 is 9.47 Å². The summed E-state index contributed by atoms with van der Waals surface area (Å²) < 4.78 is 10.7. The van der Waals surface area contributed by atoms with Gasteiger partial charge in [-0.25, -0.2) is 0 Å². The van der Waals surface area contributed by atoms with Crippen LogP contribution in [0.5, 0.6) is 5.75 Å². The van der Waals surface area contributed by atoms with E-state index in [9.17, 15) is 0 Å². The first-order valence-electron chi connectivity index (χ1n) is 5.09. The normalized spacial score (nSPS) is 9.60. The van der Waals surface area contributed by atoms with Crippen molar-refractivity contribution in [1.29, 1.82) is 0 Å². The molecule has 0 atom stereocenters. The average molecular weight is 204 g/mol. The number of hydrogen-bond acceptors (Lipinski definition) is 2. The fraction of sp³-hybridized carbons (Fsp3) is 0.385. The zero-order valence-electron chi connectivity index (χ0n) is 9.03. The van der Waals surface area contributed by atoms with Crippen molar-refractivity contribution in [1.82, 2.24) is 0 Å². The molecule has 1 aromatic rings. The molecule has 15 heavy (non-hydrogen) atoms. The van der Waals surface area contributed by atoms with Crippen LogP contribution in [0, 0.1) is 12.3 Å². The molecule has 80 valence electrons. The first-order chi connectivity index (χ1) is 7.36. The van der Waals surface area contributed by atoms with Crippen LogP contribution in [-0.4, -0.2) is 13.2 Å². The smallest absolute Gasteiger partial charge is 0.119 e. The molecule has 0 aliphatic heterocycles. The van der Waals surface area contributed by atoms with Gasteiger partial charge in [0.25, 0.3) is 0 Å². The predicted octanol–water partition coefficient (Wildman–Crippen LogP) is 2.63. The highest BCUT2D eigenvalue weighted by atomic mass is 16.5. The van der Waals surface area contributed by atoms with Crippen molar-refractivity contribution in [2.45, 2.75) is 20.0 Å². The number of ether oxygens (including phenoxy) is 2. The Morgan fingerprint density at radius 3 is 2.60 bits per heavy atom. The van der Waals surface area contributed by atoms with Crippen molar-refractivity contribution in [3.05, 3.63) is 29.8 Å². The maximum Gasteiger partial charge on any atom is 0.119 e. The van der Waals surface area contributed by atoms with Gasteiger partial charge in [0.2, 0.25) is 0 Å². The van der Waals surface area contributed by atoms with E-state index < -0.39 is 0 Å². The van der Waals surface area contributed by atoms with Gasteiger partial charge in [-0.05, 0) is 24.1 Å². The predicted molar refractivity (Wildman–Crippen MR) is 60.7 cm³/mol. The van der Waals surface area contributed by atoms with Gasteiger partial charge < -0.3 is 9.47 Å². The van der Waals surface area contributed by atoms with Crippen molar-refractivity contribution in [3.63, 3.8) is 0 Å². The van der Waals surface area contributed by atoms with Crippen LogP contribution < -0.4 is 4.74 Å². The highest BCUT2D eigenvalue weighted by Gasteiger charge is 1.94. The minimum Gasteiger partial charge on any atom is -0.494 e. The third-order valence-electron chi connectivity index (χ3n) is 1.85. The van der Waals surface area contributed by atoms with Crippen molar-refractivity contribution in [2.75, 3.05) is 13.2 Å². The second-order valence-corrected chi connectivity index (χ2v) is 3.19. The van der Waals surface area contributed by atoms with Crippen LogP contribution in [0.25, 0.3) is 0 Å². The Morgan fingerprint density at radius 2 is 2.00 bits per heavy atom. The van der Waals surface area contributed by atoms with E-state index in [4.69, 9.17) is 15.9 Å². The summed E-state index contributed by atoms with van der Waals surface area (Å²) in [7, 11) is 0. The maximum absolute atomic E-state index is 5.46. The van der Waals surface area contributed by atoms with Gasteiger partial charge in [-0.3, -0.25) is 0 Å². The first-order valence-corrected chi connectivity index (χ1v) is 5.09. The molecule has 0 aromatic heterocycles. The maximum atomic E-state index is 5.46. The highest BCUT2D eigenvalue weighted by molar-refractivity contribution is 5.26. The molecule has 0 aliphatic carbocycles. The van der Waals surface area contributed by atoms with E-state index in [0.29, 0.717) is 13.2 Å². The van der Waals surface area contributed by atoms with Crippen molar-refractivity contribution in [3.8, 4) is 18.1 Å². The Labute approximate surface area is 91.2 Å². The van der Waals surface area contributed by atoms with Gasteiger partial charge in [0.1, 0.15) is 12.4 Å². The summed E-state index contributed by atoms with van der Waals surface area (Å²) in [4.78, 5) is 0. The van der Waals surface area contributed by atoms with Gasteiger partial charge in [0.15, 0.2) is 0 Å². The van der Waals surface area contributed by atoms with E-state index in [1.807, 2.05) is 24.3 Å². The molecule has 2 nitrogen and oxygen atoms in total. The minimum absolute atomic E-state index is 0.355. The lowest BCUT2D eigenvalue weighted by Crippen LogP contribution is -1.96. The highest BCUT2D eigenvalue weighted by Crippen LogP contribution is 2.12. The van der Waals surface area contributed by atoms with Crippen LogP contribution in [0.4, 0.5) is 0 Å². The first kappa shape index (κ1) is 11.6. The molecule has 0 aliphatic rings. The molecule has 0 saturated carbocycles. The molecule has 0 bridgehead atoms. The molecule has 0 radical (unpaired) electrons. The standard InChI is InChI=1S/C13H16O2/c1-3-9-14-11-12-5-7-13(8-6-12)15-10-4-2/h1,5-8H,4,9-11H2,2H3. The van der Waals surface area contributed by atoms with Crippen molar-refractivity contribution >= 4 is 0 Å². The van der Waals surface area contributed by atoms with Crippen molar-refractivity contribution in [2.24, 2.45) is 0 Å². The molecular formula is C13H16O2. The van der Waals surface area contributed by atoms with E-state index in [1.54, 1.807) is 0 Å². The van der Waals surface area contributed by atoms with Gasteiger partial charge in [-0.2, -0.15) is 0 Å². The lowest BCUT2D eigenvalue weighted by atomic mass is 10.2.